The van der Waals surface area contributed by atoms with Crippen LogP contribution in [0, 0.1) is 0 Å². The molecule has 0 saturated carbocycles. The highest BCUT2D eigenvalue weighted by Crippen LogP contribution is 2.39. The first kappa shape index (κ1) is 21.4. The van der Waals surface area contributed by atoms with E-state index in [2.05, 4.69) is 56.1 Å². The van der Waals surface area contributed by atoms with Gasteiger partial charge in [0.05, 0.1) is 0 Å². The van der Waals surface area contributed by atoms with Crippen molar-refractivity contribution in [3.63, 3.8) is 0 Å². The minimum atomic E-state index is 0.818. The summed E-state index contributed by atoms with van der Waals surface area (Å²) < 4.78 is 13.8. The van der Waals surface area contributed by atoms with Crippen LogP contribution in [0.25, 0.3) is 0 Å². The topological polar surface area (TPSA) is 18.5 Å². The van der Waals surface area contributed by atoms with E-state index in [4.69, 9.17) is 9.47 Å². The van der Waals surface area contributed by atoms with Crippen LogP contribution in [0.5, 0.6) is 23.0 Å². The Morgan fingerprint density at radius 1 is 0.400 bits per heavy atom. The highest BCUT2D eigenvalue weighted by Gasteiger charge is 2.02. The molecule has 0 spiro atoms. The van der Waals surface area contributed by atoms with Gasteiger partial charge in [0.1, 0.15) is 23.0 Å². The van der Waals surface area contributed by atoms with Crippen LogP contribution in [-0.4, -0.2) is 0 Å². The smallest absolute Gasteiger partial charge is 0.127 e. The fourth-order valence-electron chi connectivity index (χ4n) is 2.50. The second-order valence-corrected chi connectivity index (χ2v) is 10.3. The standard InChI is InChI=1S/C24H16Br2O2S2/c25-17-1-5-19(6-2-17)27-21-9-13-23(14-10-21)29-30-24-15-11-22(12-16-24)28-20-7-3-18(26)4-8-20/h1-16H. The van der Waals surface area contributed by atoms with E-state index in [1.807, 2.05) is 72.8 Å². The van der Waals surface area contributed by atoms with Gasteiger partial charge in [0.2, 0.25) is 0 Å². The van der Waals surface area contributed by atoms with Crippen LogP contribution in [0.15, 0.2) is 116 Å². The van der Waals surface area contributed by atoms with Crippen LogP contribution < -0.4 is 9.47 Å². The van der Waals surface area contributed by atoms with Crippen molar-refractivity contribution in [1.82, 2.24) is 0 Å². The van der Waals surface area contributed by atoms with Gasteiger partial charge in [-0.25, -0.2) is 0 Å². The van der Waals surface area contributed by atoms with Crippen molar-refractivity contribution in [2.24, 2.45) is 0 Å². The minimum absolute atomic E-state index is 0.818. The molecule has 0 aromatic heterocycles. The monoisotopic (exact) mass is 558 g/mol. The van der Waals surface area contributed by atoms with E-state index in [1.54, 1.807) is 21.6 Å². The summed E-state index contributed by atoms with van der Waals surface area (Å²) in [7, 11) is 3.42. The van der Waals surface area contributed by atoms with Gasteiger partial charge in [-0.3, -0.25) is 0 Å². The van der Waals surface area contributed by atoms with Gasteiger partial charge in [0.25, 0.3) is 0 Å². The second-order valence-electron chi connectivity index (χ2n) is 6.22. The molecule has 0 bridgehead atoms. The Morgan fingerprint density at radius 2 is 0.667 bits per heavy atom. The zero-order chi connectivity index (χ0) is 20.8. The van der Waals surface area contributed by atoms with E-state index in [-0.39, 0.29) is 0 Å². The zero-order valence-corrected chi connectivity index (χ0v) is 20.4. The fraction of sp³-hybridized carbons (Fsp3) is 0. The van der Waals surface area contributed by atoms with E-state index in [1.165, 1.54) is 9.79 Å². The SMILES string of the molecule is Brc1ccc(Oc2ccc(SSc3ccc(Oc4ccc(Br)cc4)cc3)cc2)cc1. The van der Waals surface area contributed by atoms with Crippen molar-refractivity contribution in [1.29, 1.82) is 0 Å². The van der Waals surface area contributed by atoms with Crippen molar-refractivity contribution < 1.29 is 9.47 Å². The lowest BCUT2D eigenvalue weighted by atomic mass is 10.3. The second kappa shape index (κ2) is 10.4. The Hall–Kier alpha value is -1.86. The summed E-state index contributed by atoms with van der Waals surface area (Å²) in [5.41, 5.74) is 0. The number of halogens is 2. The average Bonchev–Trinajstić information content (AvgIpc) is 2.77. The molecular weight excluding hydrogens is 544 g/mol. The molecule has 6 heteroatoms. The van der Waals surface area contributed by atoms with Crippen LogP contribution in [0.3, 0.4) is 0 Å². The van der Waals surface area contributed by atoms with Crippen molar-refractivity contribution in [2.75, 3.05) is 0 Å². The molecule has 0 atom stereocenters. The van der Waals surface area contributed by atoms with E-state index >= 15 is 0 Å². The summed E-state index contributed by atoms with van der Waals surface area (Å²) in [5, 5.41) is 0. The van der Waals surface area contributed by atoms with E-state index in [0.717, 1.165) is 31.9 Å². The van der Waals surface area contributed by atoms with Gasteiger partial charge in [0, 0.05) is 18.7 Å². The summed E-state index contributed by atoms with van der Waals surface area (Å²) in [6.07, 6.45) is 0. The maximum atomic E-state index is 5.87. The van der Waals surface area contributed by atoms with E-state index < -0.39 is 0 Å². The van der Waals surface area contributed by atoms with Crippen LogP contribution in [0.4, 0.5) is 0 Å². The highest BCUT2D eigenvalue weighted by molar-refractivity contribution is 9.10. The number of benzene rings is 4. The molecule has 0 fully saturated rings. The normalized spacial score (nSPS) is 10.6. The quantitative estimate of drug-likeness (QED) is 0.210. The molecule has 4 aromatic carbocycles. The molecule has 0 radical (unpaired) electrons. The molecule has 2 nitrogen and oxygen atoms in total. The van der Waals surface area contributed by atoms with Crippen molar-refractivity contribution >= 4 is 53.4 Å². The predicted molar refractivity (Wildman–Crippen MR) is 133 cm³/mol. The molecule has 30 heavy (non-hydrogen) atoms. The number of hydrogen-bond donors (Lipinski definition) is 0. The van der Waals surface area contributed by atoms with Gasteiger partial charge in [-0.1, -0.05) is 53.4 Å². The van der Waals surface area contributed by atoms with E-state index in [9.17, 15) is 0 Å². The molecule has 150 valence electrons. The summed E-state index contributed by atoms with van der Waals surface area (Å²) in [6.45, 7) is 0. The lowest BCUT2D eigenvalue weighted by Crippen LogP contribution is -1.83. The van der Waals surface area contributed by atoms with Crippen LogP contribution in [0.1, 0.15) is 0 Å². The Labute approximate surface area is 200 Å². The Kier molecular flexibility index (Phi) is 7.44. The molecule has 0 unspecified atom stereocenters. The van der Waals surface area contributed by atoms with Gasteiger partial charge in [0.15, 0.2) is 0 Å². The Bertz CT molecular complexity index is 991. The van der Waals surface area contributed by atoms with Crippen molar-refractivity contribution in [3.05, 3.63) is 106 Å². The first-order chi connectivity index (χ1) is 14.6. The minimum Gasteiger partial charge on any atom is -0.457 e. The summed E-state index contributed by atoms with van der Waals surface area (Å²) in [6, 6.07) is 31.8. The Balaban J connectivity index is 1.29. The maximum absolute atomic E-state index is 5.87. The third kappa shape index (κ3) is 6.32. The van der Waals surface area contributed by atoms with Crippen molar-refractivity contribution in [3.8, 4) is 23.0 Å². The first-order valence-electron chi connectivity index (χ1n) is 9.05. The van der Waals surface area contributed by atoms with Gasteiger partial charge in [-0.05, 0) is 97.1 Å². The van der Waals surface area contributed by atoms with E-state index in [0.29, 0.717) is 0 Å². The van der Waals surface area contributed by atoms with Crippen LogP contribution >= 0.6 is 53.4 Å². The van der Waals surface area contributed by atoms with Crippen LogP contribution in [0.2, 0.25) is 0 Å². The molecule has 0 aliphatic rings. The van der Waals surface area contributed by atoms with Crippen molar-refractivity contribution in [2.45, 2.75) is 9.79 Å². The molecule has 0 aliphatic carbocycles. The highest BCUT2D eigenvalue weighted by atomic mass is 79.9. The predicted octanol–water partition coefficient (Wildman–Crippen LogP) is 9.60. The largest absolute Gasteiger partial charge is 0.457 e. The lowest BCUT2D eigenvalue weighted by molar-refractivity contribution is 0.482. The molecular formula is C24H16Br2O2S2. The molecule has 4 rings (SSSR count). The molecule has 0 saturated heterocycles. The molecule has 0 heterocycles. The van der Waals surface area contributed by atoms with Gasteiger partial charge in [-0.15, -0.1) is 0 Å². The fourth-order valence-corrected chi connectivity index (χ4v) is 4.96. The summed E-state index contributed by atoms with van der Waals surface area (Å²) in [5.74, 6) is 3.28. The summed E-state index contributed by atoms with van der Waals surface area (Å²) >= 11 is 6.86. The Morgan fingerprint density at radius 3 is 0.967 bits per heavy atom. The molecule has 0 amide bonds. The number of ether oxygens (including phenoxy) is 2. The third-order valence-corrected chi connectivity index (χ3v) is 7.45. The molecule has 0 N–H and O–H groups in total. The third-order valence-electron chi connectivity index (χ3n) is 3.98. The maximum Gasteiger partial charge on any atom is 0.127 e. The zero-order valence-electron chi connectivity index (χ0n) is 15.6. The number of rotatable bonds is 7. The van der Waals surface area contributed by atoms with Gasteiger partial charge < -0.3 is 9.47 Å². The summed E-state index contributed by atoms with van der Waals surface area (Å²) in [4.78, 5) is 2.33. The van der Waals surface area contributed by atoms with Gasteiger partial charge in [-0.2, -0.15) is 0 Å². The lowest BCUT2D eigenvalue weighted by Gasteiger charge is -2.08. The number of hydrogen-bond acceptors (Lipinski definition) is 4. The van der Waals surface area contributed by atoms with Gasteiger partial charge >= 0.3 is 0 Å². The average molecular weight is 560 g/mol. The molecule has 4 aromatic rings. The molecule has 0 aliphatic heterocycles. The first-order valence-corrected chi connectivity index (χ1v) is 12.8. The van der Waals surface area contributed by atoms with Crippen LogP contribution in [-0.2, 0) is 0 Å².